The average Bonchev–Trinajstić information content (AvgIpc) is 3.76. The van der Waals surface area contributed by atoms with Gasteiger partial charge in [-0.05, 0) is 59.4 Å². The molecular weight excluding hydrogens is 533 g/mol. The van der Waals surface area contributed by atoms with E-state index >= 15 is 0 Å². The minimum atomic E-state index is -0.104. The minimum Gasteiger partial charge on any atom is -0.173 e. The molecular formula is C29H16N4S4. The van der Waals surface area contributed by atoms with Crippen molar-refractivity contribution in [3.05, 3.63) is 95.1 Å². The van der Waals surface area contributed by atoms with Crippen LogP contribution in [0.3, 0.4) is 0 Å². The molecule has 0 amide bonds. The van der Waals surface area contributed by atoms with E-state index < -0.39 is 0 Å². The fraction of sp³-hybridized carbons (Fsp3) is 0.103. The number of fused-ring (bicyclic) bond motifs is 9. The number of aromatic nitrogens is 4. The van der Waals surface area contributed by atoms with Crippen molar-refractivity contribution in [1.82, 2.24) is 17.5 Å². The molecule has 37 heavy (non-hydrogen) atoms. The molecule has 4 nitrogen and oxygen atoms in total. The summed E-state index contributed by atoms with van der Waals surface area (Å²) in [4.78, 5) is 5.36. The van der Waals surface area contributed by atoms with Crippen LogP contribution in [0.15, 0.2) is 72.8 Å². The largest absolute Gasteiger partial charge is 0.173 e. The molecule has 7 aromatic rings. The zero-order valence-electron chi connectivity index (χ0n) is 19.3. The first-order valence-corrected chi connectivity index (χ1v) is 15.2. The van der Waals surface area contributed by atoms with Crippen molar-refractivity contribution in [2.24, 2.45) is 0 Å². The number of benzene rings is 3. The van der Waals surface area contributed by atoms with Crippen molar-refractivity contribution in [2.75, 3.05) is 0 Å². The molecule has 0 saturated heterocycles. The molecule has 0 aliphatic heterocycles. The lowest BCUT2D eigenvalue weighted by Crippen LogP contribution is -2.22. The van der Waals surface area contributed by atoms with Crippen LogP contribution in [0, 0.1) is 0 Å². The van der Waals surface area contributed by atoms with Gasteiger partial charge in [0.15, 0.2) is 0 Å². The third kappa shape index (κ3) is 2.66. The molecule has 8 heteroatoms. The lowest BCUT2D eigenvalue weighted by atomic mass is 9.74. The summed E-state index contributed by atoms with van der Waals surface area (Å²) in [6.07, 6.45) is 2.20. The Morgan fingerprint density at radius 2 is 1.19 bits per heavy atom. The molecule has 2 aliphatic carbocycles. The van der Waals surface area contributed by atoms with Crippen molar-refractivity contribution in [2.45, 2.75) is 18.3 Å². The summed E-state index contributed by atoms with van der Waals surface area (Å²) in [5, 5.41) is 0. The number of hydrogen-bond acceptors (Lipinski definition) is 8. The van der Waals surface area contributed by atoms with Crippen LogP contribution in [0.1, 0.15) is 28.7 Å². The number of rotatable bonds is 2. The molecule has 0 bridgehead atoms. The molecule has 1 spiro atoms. The van der Waals surface area contributed by atoms with Gasteiger partial charge < -0.3 is 0 Å². The van der Waals surface area contributed by atoms with Crippen molar-refractivity contribution >= 4 is 68.2 Å². The van der Waals surface area contributed by atoms with Gasteiger partial charge in [0.1, 0.15) is 22.1 Å². The monoisotopic (exact) mass is 548 g/mol. The normalized spacial score (nSPS) is 15.0. The van der Waals surface area contributed by atoms with Crippen molar-refractivity contribution in [3.63, 3.8) is 0 Å². The maximum Gasteiger partial charge on any atom is 0.113 e. The Morgan fingerprint density at radius 1 is 0.595 bits per heavy atom. The SMILES string of the molecule is c1ccc2c(c1)CCC21c2cc(-c3cccc4nsnc34)sc2-c2sc(-c3cccc4nsnc34)cc21. The van der Waals surface area contributed by atoms with Crippen LogP contribution in [0.4, 0.5) is 0 Å². The maximum absolute atomic E-state index is 4.64. The first-order valence-electron chi connectivity index (χ1n) is 12.1. The quantitative estimate of drug-likeness (QED) is 0.218. The van der Waals surface area contributed by atoms with E-state index in [0.717, 1.165) is 34.9 Å². The highest BCUT2D eigenvalue weighted by atomic mass is 32.1. The lowest BCUT2D eigenvalue weighted by molar-refractivity contribution is 0.628. The first-order chi connectivity index (χ1) is 18.3. The Bertz CT molecular complexity index is 1910. The zero-order valence-corrected chi connectivity index (χ0v) is 22.5. The van der Waals surface area contributed by atoms with Gasteiger partial charge in [-0.2, -0.15) is 17.5 Å². The van der Waals surface area contributed by atoms with E-state index in [0.29, 0.717) is 0 Å². The van der Waals surface area contributed by atoms with E-state index in [4.69, 9.17) is 0 Å². The third-order valence-corrected chi connectivity index (χ3v) is 11.5. The molecule has 4 aromatic heterocycles. The van der Waals surface area contributed by atoms with E-state index in [2.05, 4.69) is 90.3 Å². The van der Waals surface area contributed by atoms with E-state index in [1.54, 1.807) is 0 Å². The molecule has 0 radical (unpaired) electrons. The summed E-state index contributed by atoms with van der Waals surface area (Å²) in [6.45, 7) is 0. The molecule has 4 heterocycles. The van der Waals surface area contributed by atoms with Crippen LogP contribution in [0.5, 0.6) is 0 Å². The maximum atomic E-state index is 4.64. The van der Waals surface area contributed by atoms with Crippen molar-refractivity contribution in [3.8, 4) is 30.6 Å². The summed E-state index contributed by atoms with van der Waals surface area (Å²) in [7, 11) is 0. The Labute approximate surface area is 228 Å². The summed E-state index contributed by atoms with van der Waals surface area (Å²) in [5.74, 6) is 0. The van der Waals surface area contributed by atoms with Crippen LogP contribution in [0.25, 0.3) is 52.7 Å². The average molecular weight is 549 g/mol. The second-order valence-electron chi connectivity index (χ2n) is 9.64. The predicted molar refractivity (Wildman–Crippen MR) is 155 cm³/mol. The van der Waals surface area contributed by atoms with Crippen LogP contribution >= 0.6 is 46.1 Å². The van der Waals surface area contributed by atoms with Gasteiger partial charge in [-0.1, -0.05) is 48.5 Å². The Kier molecular flexibility index (Phi) is 4.14. The summed E-state index contributed by atoms with van der Waals surface area (Å²) in [6, 6.07) is 26.6. The number of nitrogens with zero attached hydrogens (tertiary/aromatic N) is 4. The van der Waals surface area contributed by atoms with Gasteiger partial charge in [0.25, 0.3) is 0 Å². The highest BCUT2D eigenvalue weighted by Crippen LogP contribution is 2.64. The highest BCUT2D eigenvalue weighted by Gasteiger charge is 2.50. The molecule has 0 saturated carbocycles. The van der Waals surface area contributed by atoms with Gasteiger partial charge in [0.05, 0.1) is 23.5 Å². The van der Waals surface area contributed by atoms with Gasteiger partial charge in [-0.3, -0.25) is 0 Å². The molecule has 0 atom stereocenters. The number of aryl methyl sites for hydroxylation is 1. The van der Waals surface area contributed by atoms with Gasteiger partial charge in [-0.25, -0.2) is 0 Å². The minimum absolute atomic E-state index is 0.104. The molecule has 0 N–H and O–H groups in total. The fourth-order valence-electron chi connectivity index (χ4n) is 6.34. The molecule has 176 valence electrons. The second kappa shape index (κ2) is 7.39. The molecule has 3 aromatic carbocycles. The smallest absolute Gasteiger partial charge is 0.113 e. The summed E-state index contributed by atoms with van der Waals surface area (Å²) < 4.78 is 18.3. The van der Waals surface area contributed by atoms with Crippen molar-refractivity contribution in [1.29, 1.82) is 0 Å². The predicted octanol–water partition coefficient (Wildman–Crippen LogP) is 8.41. The highest BCUT2D eigenvalue weighted by molar-refractivity contribution is 7.26. The van der Waals surface area contributed by atoms with Crippen LogP contribution in [-0.4, -0.2) is 17.5 Å². The summed E-state index contributed by atoms with van der Waals surface area (Å²) in [5.41, 5.74) is 12.1. The third-order valence-electron chi connectivity index (χ3n) is 7.94. The molecule has 0 fully saturated rings. The lowest BCUT2D eigenvalue weighted by Gasteiger charge is -2.27. The van der Waals surface area contributed by atoms with Gasteiger partial charge in [-0.15, -0.1) is 22.7 Å². The second-order valence-corrected chi connectivity index (χ2v) is 12.8. The van der Waals surface area contributed by atoms with Crippen LogP contribution in [0.2, 0.25) is 0 Å². The standard InChI is InChI=1S/C29H16N4S4/c1-2-8-18-15(5-1)11-12-29(18)19-13-23(16-6-3-9-21-25(16)32-36-30-21)34-27(19)28-20(29)14-24(35-28)17-7-4-10-22-26(17)33-37-31-22/h1-10,13-14H,11-12H2. The Balaban J connectivity index is 1.33. The Hall–Kier alpha value is -3.30. The van der Waals surface area contributed by atoms with E-state index in [-0.39, 0.29) is 5.41 Å². The van der Waals surface area contributed by atoms with E-state index in [1.807, 2.05) is 22.7 Å². The van der Waals surface area contributed by atoms with E-state index in [1.165, 1.54) is 76.3 Å². The molecule has 2 aliphatic rings. The van der Waals surface area contributed by atoms with Crippen molar-refractivity contribution < 1.29 is 0 Å². The molecule has 9 rings (SSSR count). The Morgan fingerprint density at radius 3 is 1.81 bits per heavy atom. The fourth-order valence-corrected chi connectivity index (χ4v) is 10.1. The van der Waals surface area contributed by atoms with Crippen LogP contribution in [-0.2, 0) is 11.8 Å². The van der Waals surface area contributed by atoms with E-state index in [9.17, 15) is 0 Å². The first kappa shape index (κ1) is 20.7. The summed E-state index contributed by atoms with van der Waals surface area (Å²) >= 11 is 6.39. The zero-order chi connectivity index (χ0) is 24.1. The number of thiophene rings is 2. The van der Waals surface area contributed by atoms with Gasteiger partial charge in [0, 0.05) is 36.1 Å². The van der Waals surface area contributed by atoms with Crippen LogP contribution < -0.4 is 0 Å². The topological polar surface area (TPSA) is 51.6 Å². The molecule has 0 unspecified atom stereocenters. The number of hydrogen-bond donors (Lipinski definition) is 0. The van der Waals surface area contributed by atoms with Gasteiger partial charge >= 0.3 is 0 Å². The van der Waals surface area contributed by atoms with Gasteiger partial charge in [0.2, 0.25) is 0 Å².